The minimum atomic E-state index is -0.708. The first-order chi connectivity index (χ1) is 8.90. The van der Waals surface area contributed by atoms with Crippen molar-refractivity contribution in [3.8, 4) is 5.75 Å². The third-order valence-corrected chi connectivity index (χ3v) is 3.72. The molecule has 2 heteroatoms. The van der Waals surface area contributed by atoms with Crippen molar-refractivity contribution < 1.29 is 9.84 Å². The Morgan fingerprint density at radius 3 is 2.37 bits per heavy atom. The summed E-state index contributed by atoms with van der Waals surface area (Å²) in [5.74, 6) is 1.95. The zero-order chi connectivity index (χ0) is 14.0. The van der Waals surface area contributed by atoms with Gasteiger partial charge in [-0.15, -0.1) is 0 Å². The van der Waals surface area contributed by atoms with Gasteiger partial charge in [0, 0.05) is 6.42 Å². The molecular formula is C17H26O2. The van der Waals surface area contributed by atoms with Crippen LogP contribution in [0.1, 0.15) is 51.7 Å². The minimum Gasteiger partial charge on any atom is -0.493 e. The molecule has 0 fully saturated rings. The van der Waals surface area contributed by atoms with Crippen LogP contribution in [0.5, 0.6) is 5.75 Å². The first-order valence-electron chi connectivity index (χ1n) is 7.39. The average Bonchev–Trinajstić information content (AvgIpc) is 2.73. The number of hydrogen-bond donors (Lipinski definition) is 1. The Morgan fingerprint density at radius 2 is 1.79 bits per heavy atom. The second-order valence-corrected chi connectivity index (χ2v) is 6.65. The van der Waals surface area contributed by atoms with E-state index in [2.05, 4.69) is 33.8 Å². The van der Waals surface area contributed by atoms with E-state index < -0.39 is 5.60 Å². The molecule has 0 atom stereocenters. The molecule has 19 heavy (non-hydrogen) atoms. The summed E-state index contributed by atoms with van der Waals surface area (Å²) in [7, 11) is 0. The average molecular weight is 262 g/mol. The Labute approximate surface area is 116 Å². The first-order valence-corrected chi connectivity index (χ1v) is 7.39. The standard InChI is InChI=1S/C17H26O2/c1-12(2)10-17(18,11-13(3)4)15-5-6-16-14(9-15)7-8-19-16/h5-6,9,12-13,18H,7-8,10-11H2,1-4H3. The Balaban J connectivity index is 2.31. The summed E-state index contributed by atoms with van der Waals surface area (Å²) in [6, 6.07) is 6.20. The Morgan fingerprint density at radius 1 is 1.16 bits per heavy atom. The van der Waals surface area contributed by atoms with Crippen LogP contribution in [0.25, 0.3) is 0 Å². The maximum Gasteiger partial charge on any atom is 0.122 e. The van der Waals surface area contributed by atoms with Gasteiger partial charge in [0.2, 0.25) is 0 Å². The molecule has 0 radical (unpaired) electrons. The lowest BCUT2D eigenvalue weighted by molar-refractivity contribution is -0.00455. The molecule has 2 nitrogen and oxygen atoms in total. The van der Waals surface area contributed by atoms with E-state index in [1.54, 1.807) is 0 Å². The number of rotatable bonds is 5. The molecule has 1 aromatic rings. The smallest absolute Gasteiger partial charge is 0.122 e. The molecular weight excluding hydrogens is 236 g/mol. The topological polar surface area (TPSA) is 29.5 Å². The fourth-order valence-electron chi connectivity index (χ4n) is 3.15. The predicted octanol–water partition coefficient (Wildman–Crippen LogP) is 3.90. The van der Waals surface area contributed by atoms with E-state index in [0.29, 0.717) is 11.8 Å². The van der Waals surface area contributed by atoms with Gasteiger partial charge in [0.25, 0.3) is 0 Å². The summed E-state index contributed by atoms with van der Waals surface area (Å²) < 4.78 is 5.55. The van der Waals surface area contributed by atoms with Crippen LogP contribution in [0.2, 0.25) is 0 Å². The van der Waals surface area contributed by atoms with Crippen LogP contribution in [0.4, 0.5) is 0 Å². The highest BCUT2D eigenvalue weighted by Gasteiger charge is 2.32. The number of aliphatic hydroxyl groups is 1. The first kappa shape index (κ1) is 14.4. The lowest BCUT2D eigenvalue weighted by Gasteiger charge is -2.32. The third kappa shape index (κ3) is 3.30. The van der Waals surface area contributed by atoms with E-state index in [0.717, 1.165) is 37.2 Å². The highest BCUT2D eigenvalue weighted by atomic mass is 16.5. The van der Waals surface area contributed by atoms with Gasteiger partial charge < -0.3 is 9.84 Å². The largest absolute Gasteiger partial charge is 0.493 e. The van der Waals surface area contributed by atoms with Gasteiger partial charge in [0.15, 0.2) is 0 Å². The lowest BCUT2D eigenvalue weighted by Crippen LogP contribution is -2.29. The number of benzene rings is 1. The zero-order valence-corrected chi connectivity index (χ0v) is 12.6. The van der Waals surface area contributed by atoms with Crippen LogP contribution in [0.3, 0.4) is 0 Å². The Hall–Kier alpha value is -1.02. The van der Waals surface area contributed by atoms with E-state index in [4.69, 9.17) is 4.74 Å². The fraction of sp³-hybridized carbons (Fsp3) is 0.647. The van der Waals surface area contributed by atoms with Gasteiger partial charge in [0.1, 0.15) is 5.75 Å². The van der Waals surface area contributed by atoms with Crippen molar-refractivity contribution in [3.05, 3.63) is 29.3 Å². The number of ether oxygens (including phenoxy) is 1. The summed E-state index contributed by atoms with van der Waals surface area (Å²) in [5, 5.41) is 11.1. The molecule has 0 saturated heterocycles. The predicted molar refractivity (Wildman–Crippen MR) is 78.4 cm³/mol. The SMILES string of the molecule is CC(C)CC(O)(CC(C)C)c1ccc2c(c1)CCO2. The van der Waals surface area contributed by atoms with Gasteiger partial charge in [-0.05, 0) is 47.9 Å². The third-order valence-electron chi connectivity index (χ3n) is 3.72. The van der Waals surface area contributed by atoms with Gasteiger partial charge in [-0.3, -0.25) is 0 Å². The quantitative estimate of drug-likeness (QED) is 0.872. The van der Waals surface area contributed by atoms with Crippen molar-refractivity contribution in [1.82, 2.24) is 0 Å². The van der Waals surface area contributed by atoms with Crippen LogP contribution in [0, 0.1) is 11.8 Å². The molecule has 0 saturated carbocycles. The fourth-order valence-corrected chi connectivity index (χ4v) is 3.15. The molecule has 0 aromatic heterocycles. The Kier molecular flexibility index (Phi) is 4.19. The molecule has 106 valence electrons. The van der Waals surface area contributed by atoms with Crippen molar-refractivity contribution in [2.75, 3.05) is 6.61 Å². The molecule has 0 bridgehead atoms. The van der Waals surface area contributed by atoms with E-state index >= 15 is 0 Å². The molecule has 0 aliphatic carbocycles. The maximum absolute atomic E-state index is 11.1. The number of hydrogen-bond acceptors (Lipinski definition) is 2. The number of fused-ring (bicyclic) bond motifs is 1. The van der Waals surface area contributed by atoms with Crippen LogP contribution >= 0.6 is 0 Å². The van der Waals surface area contributed by atoms with Crippen LogP contribution in [-0.4, -0.2) is 11.7 Å². The summed E-state index contributed by atoms with van der Waals surface area (Å²) >= 11 is 0. The summed E-state index contributed by atoms with van der Waals surface area (Å²) in [4.78, 5) is 0. The second-order valence-electron chi connectivity index (χ2n) is 6.65. The van der Waals surface area contributed by atoms with Gasteiger partial charge in [-0.2, -0.15) is 0 Å². The molecule has 1 aromatic carbocycles. The molecule has 1 heterocycles. The van der Waals surface area contributed by atoms with E-state index in [-0.39, 0.29) is 0 Å². The van der Waals surface area contributed by atoms with Gasteiger partial charge in [-0.1, -0.05) is 33.8 Å². The van der Waals surface area contributed by atoms with E-state index in [1.165, 1.54) is 5.56 Å². The summed E-state index contributed by atoms with van der Waals surface area (Å²) in [5.41, 5.74) is 1.59. The van der Waals surface area contributed by atoms with Gasteiger partial charge in [-0.25, -0.2) is 0 Å². The van der Waals surface area contributed by atoms with Gasteiger partial charge >= 0.3 is 0 Å². The van der Waals surface area contributed by atoms with E-state index in [9.17, 15) is 5.11 Å². The van der Waals surface area contributed by atoms with Crippen molar-refractivity contribution >= 4 is 0 Å². The van der Waals surface area contributed by atoms with Crippen LogP contribution in [-0.2, 0) is 12.0 Å². The zero-order valence-electron chi connectivity index (χ0n) is 12.6. The highest BCUT2D eigenvalue weighted by Crippen LogP contribution is 2.37. The minimum absolute atomic E-state index is 0.480. The second kappa shape index (κ2) is 5.54. The van der Waals surface area contributed by atoms with Gasteiger partial charge in [0.05, 0.1) is 12.2 Å². The molecule has 0 amide bonds. The molecule has 0 spiro atoms. The summed E-state index contributed by atoms with van der Waals surface area (Å²) in [6.07, 6.45) is 2.58. The summed E-state index contributed by atoms with van der Waals surface area (Å²) in [6.45, 7) is 9.44. The Bertz CT molecular complexity index is 425. The van der Waals surface area contributed by atoms with Crippen LogP contribution in [0.15, 0.2) is 18.2 Å². The molecule has 1 aliphatic rings. The molecule has 1 N–H and O–H groups in total. The monoisotopic (exact) mass is 262 g/mol. The lowest BCUT2D eigenvalue weighted by atomic mass is 9.79. The highest BCUT2D eigenvalue weighted by molar-refractivity contribution is 5.41. The molecule has 1 aliphatic heterocycles. The van der Waals surface area contributed by atoms with Crippen molar-refractivity contribution in [2.24, 2.45) is 11.8 Å². The van der Waals surface area contributed by atoms with Crippen molar-refractivity contribution in [3.63, 3.8) is 0 Å². The molecule has 0 unspecified atom stereocenters. The normalized spacial score (nSPS) is 14.9. The maximum atomic E-state index is 11.1. The van der Waals surface area contributed by atoms with E-state index in [1.807, 2.05) is 12.1 Å². The van der Waals surface area contributed by atoms with Crippen molar-refractivity contribution in [2.45, 2.75) is 52.6 Å². The molecule has 2 rings (SSSR count). The van der Waals surface area contributed by atoms with Crippen molar-refractivity contribution in [1.29, 1.82) is 0 Å². The van der Waals surface area contributed by atoms with Crippen LogP contribution < -0.4 is 4.74 Å².